The first-order valence-corrected chi connectivity index (χ1v) is 10.1. The first kappa shape index (κ1) is 18.2. The zero-order valence-corrected chi connectivity index (χ0v) is 17.3. The van der Waals surface area contributed by atoms with Crippen molar-refractivity contribution in [1.29, 1.82) is 0 Å². The molecule has 1 aliphatic rings. The number of amides is 1. The van der Waals surface area contributed by atoms with Crippen molar-refractivity contribution >= 4 is 67.8 Å². The average Bonchev–Trinajstić information content (AvgIpc) is 3.13. The predicted molar refractivity (Wildman–Crippen MR) is 115 cm³/mol. The molecule has 136 valence electrons. The van der Waals surface area contributed by atoms with Crippen LogP contribution >= 0.6 is 45.5 Å². The van der Waals surface area contributed by atoms with Crippen molar-refractivity contribution in [3.05, 3.63) is 83.7 Å². The maximum atomic E-state index is 13.3. The number of fused-ring (bicyclic) bond motifs is 1. The summed E-state index contributed by atoms with van der Waals surface area (Å²) in [5.41, 5.74) is 1.91. The van der Waals surface area contributed by atoms with Crippen LogP contribution in [0.4, 0.5) is 16.4 Å². The lowest BCUT2D eigenvalue weighted by Crippen LogP contribution is -2.42. The van der Waals surface area contributed by atoms with Crippen LogP contribution in [0.5, 0.6) is 0 Å². The molecule has 1 amide bonds. The van der Waals surface area contributed by atoms with E-state index in [-0.39, 0.29) is 10.9 Å². The Balaban J connectivity index is 1.85. The normalized spacial score (nSPS) is 16.0. The third-order valence-electron chi connectivity index (χ3n) is 4.15. The summed E-state index contributed by atoms with van der Waals surface area (Å²) in [6.45, 7) is 0. The van der Waals surface area contributed by atoms with Gasteiger partial charge in [0, 0.05) is 26.0 Å². The molecule has 9 heteroatoms. The van der Waals surface area contributed by atoms with Crippen molar-refractivity contribution in [1.82, 2.24) is 0 Å². The van der Waals surface area contributed by atoms with Gasteiger partial charge in [0.15, 0.2) is 0 Å². The number of halogens is 2. The monoisotopic (exact) mass is 511 g/mol. The molecule has 0 saturated carbocycles. The van der Waals surface area contributed by atoms with Crippen LogP contribution in [0.3, 0.4) is 0 Å². The molecule has 27 heavy (non-hydrogen) atoms. The number of nitro groups is 1. The summed E-state index contributed by atoms with van der Waals surface area (Å²) in [6, 6.07) is 15.6. The number of nitrogens with one attached hydrogen (secondary N) is 1. The number of carbonyl (C=O) groups excluding carboxylic acids is 1. The highest BCUT2D eigenvalue weighted by Gasteiger charge is 2.35. The van der Waals surface area contributed by atoms with E-state index < -0.39 is 11.1 Å². The maximum absolute atomic E-state index is 13.3. The van der Waals surface area contributed by atoms with E-state index in [4.69, 9.17) is 11.6 Å². The summed E-state index contributed by atoms with van der Waals surface area (Å²) in [7, 11) is 0. The van der Waals surface area contributed by atoms with Gasteiger partial charge in [0.2, 0.25) is 0 Å². The van der Waals surface area contributed by atoms with Crippen LogP contribution in [0.15, 0.2) is 54.6 Å². The Hall–Kier alpha value is -2.17. The zero-order valence-electron chi connectivity index (χ0n) is 13.6. The Kier molecular flexibility index (Phi) is 4.79. The second kappa shape index (κ2) is 7.10. The molecule has 0 radical (unpaired) electrons. The SMILES string of the molecule is O=C1c2cc(I)ccc2N[C@@H](c2ccc([N+](=O)[O-])s2)N1c1ccc(Cl)cc1. The van der Waals surface area contributed by atoms with Gasteiger partial charge >= 0.3 is 5.00 Å². The van der Waals surface area contributed by atoms with Crippen LogP contribution in [-0.4, -0.2) is 10.8 Å². The van der Waals surface area contributed by atoms with E-state index in [2.05, 4.69) is 27.9 Å². The molecule has 0 fully saturated rings. The van der Waals surface area contributed by atoms with Gasteiger partial charge in [-0.1, -0.05) is 22.9 Å². The van der Waals surface area contributed by atoms with E-state index in [9.17, 15) is 14.9 Å². The van der Waals surface area contributed by atoms with Gasteiger partial charge in [-0.3, -0.25) is 19.8 Å². The standard InChI is InChI=1S/C18H11ClIN3O3S/c19-10-1-4-12(5-2-10)22-17(15-7-8-16(27-15)23(25)26)21-14-6-3-11(20)9-13(14)18(22)24/h1-9,17,21H/t17-/m1/s1. The molecule has 0 spiro atoms. The molecule has 0 unspecified atom stereocenters. The van der Waals surface area contributed by atoms with Crippen molar-refractivity contribution in [2.45, 2.75) is 6.17 Å². The highest BCUT2D eigenvalue weighted by molar-refractivity contribution is 14.1. The van der Waals surface area contributed by atoms with Crippen LogP contribution < -0.4 is 10.2 Å². The Morgan fingerprint density at radius 1 is 1.15 bits per heavy atom. The molecule has 4 rings (SSSR count). The van der Waals surface area contributed by atoms with E-state index in [0.717, 1.165) is 14.9 Å². The number of thiophene rings is 1. The molecule has 3 aromatic rings. The summed E-state index contributed by atoms with van der Waals surface area (Å²) >= 11 is 9.19. The summed E-state index contributed by atoms with van der Waals surface area (Å²) in [5, 5.41) is 15.0. The first-order valence-electron chi connectivity index (χ1n) is 7.83. The van der Waals surface area contributed by atoms with E-state index in [1.54, 1.807) is 35.2 Å². The van der Waals surface area contributed by atoms with Gasteiger partial charge in [0.1, 0.15) is 6.17 Å². The Morgan fingerprint density at radius 3 is 2.56 bits per heavy atom. The summed E-state index contributed by atoms with van der Waals surface area (Å²) < 4.78 is 0.947. The smallest absolute Gasteiger partial charge is 0.324 e. The fraction of sp³-hybridized carbons (Fsp3) is 0.0556. The van der Waals surface area contributed by atoms with Crippen LogP contribution in [0.1, 0.15) is 21.4 Å². The van der Waals surface area contributed by atoms with Crippen molar-refractivity contribution in [2.24, 2.45) is 0 Å². The summed E-state index contributed by atoms with van der Waals surface area (Å²) in [5.74, 6) is -0.175. The molecule has 2 aromatic carbocycles. The van der Waals surface area contributed by atoms with E-state index >= 15 is 0 Å². The van der Waals surface area contributed by atoms with Gasteiger partial charge in [0.05, 0.1) is 15.4 Å². The second-order valence-corrected chi connectivity index (χ2v) is 8.60. The first-order chi connectivity index (χ1) is 12.9. The predicted octanol–water partition coefficient (Wildman–Crippen LogP) is 5.69. The minimum absolute atomic E-state index is 0.0312. The lowest BCUT2D eigenvalue weighted by Gasteiger charge is -2.37. The third-order valence-corrected chi connectivity index (χ3v) is 6.16. The van der Waals surface area contributed by atoms with Gasteiger partial charge < -0.3 is 5.32 Å². The lowest BCUT2D eigenvalue weighted by molar-refractivity contribution is -0.380. The highest BCUT2D eigenvalue weighted by atomic mass is 127. The fourth-order valence-corrected chi connectivity index (χ4v) is 4.41. The number of nitrogens with zero attached hydrogens (tertiary/aromatic N) is 2. The van der Waals surface area contributed by atoms with Crippen LogP contribution in [0, 0.1) is 13.7 Å². The van der Waals surface area contributed by atoms with Crippen molar-refractivity contribution < 1.29 is 9.72 Å². The van der Waals surface area contributed by atoms with Crippen LogP contribution in [0.25, 0.3) is 0 Å². The molecule has 1 N–H and O–H groups in total. The molecule has 0 aliphatic carbocycles. The Morgan fingerprint density at radius 2 is 1.89 bits per heavy atom. The quantitative estimate of drug-likeness (QED) is 0.279. The largest absolute Gasteiger partial charge is 0.360 e. The Bertz CT molecular complexity index is 1050. The molecular weight excluding hydrogens is 501 g/mol. The average molecular weight is 512 g/mol. The fourth-order valence-electron chi connectivity index (χ4n) is 2.93. The van der Waals surface area contributed by atoms with Gasteiger partial charge in [-0.15, -0.1) is 0 Å². The molecule has 0 saturated heterocycles. The Labute approximate surface area is 177 Å². The van der Waals surface area contributed by atoms with Crippen LogP contribution in [-0.2, 0) is 0 Å². The number of hydrogen-bond acceptors (Lipinski definition) is 5. The summed E-state index contributed by atoms with van der Waals surface area (Å²) in [4.78, 5) is 26.2. The minimum atomic E-state index is -0.551. The van der Waals surface area contributed by atoms with Crippen molar-refractivity contribution in [3.8, 4) is 0 Å². The number of benzene rings is 2. The lowest BCUT2D eigenvalue weighted by atomic mass is 10.1. The third kappa shape index (κ3) is 3.40. The van der Waals surface area contributed by atoms with E-state index in [1.807, 2.05) is 18.2 Å². The number of hydrogen-bond donors (Lipinski definition) is 1. The topological polar surface area (TPSA) is 75.5 Å². The molecule has 1 atom stereocenters. The second-order valence-electron chi connectivity index (χ2n) is 5.82. The number of anilines is 2. The maximum Gasteiger partial charge on any atom is 0.324 e. The molecule has 0 bridgehead atoms. The van der Waals surface area contributed by atoms with Crippen molar-refractivity contribution in [2.75, 3.05) is 10.2 Å². The van der Waals surface area contributed by atoms with Crippen molar-refractivity contribution in [3.63, 3.8) is 0 Å². The van der Waals surface area contributed by atoms with E-state index in [1.165, 1.54) is 6.07 Å². The molecule has 6 nitrogen and oxygen atoms in total. The molecule has 1 aromatic heterocycles. The molecule has 1 aliphatic heterocycles. The van der Waals surface area contributed by atoms with Gasteiger partial charge in [-0.2, -0.15) is 0 Å². The number of rotatable bonds is 3. The van der Waals surface area contributed by atoms with Crippen LogP contribution in [0.2, 0.25) is 5.02 Å². The molecular formula is C18H11ClIN3O3S. The van der Waals surface area contributed by atoms with E-state index in [0.29, 0.717) is 26.8 Å². The molecule has 2 heterocycles. The van der Waals surface area contributed by atoms with Gasteiger partial charge in [-0.05, 0) is 71.1 Å². The van der Waals surface area contributed by atoms with Gasteiger partial charge in [-0.25, -0.2) is 0 Å². The summed E-state index contributed by atoms with van der Waals surface area (Å²) in [6.07, 6.45) is -0.551. The zero-order chi connectivity index (χ0) is 19.1. The number of carbonyl (C=O) groups is 1. The minimum Gasteiger partial charge on any atom is -0.360 e. The highest BCUT2D eigenvalue weighted by Crippen LogP contribution is 2.40. The van der Waals surface area contributed by atoms with Gasteiger partial charge in [0.25, 0.3) is 5.91 Å².